The summed E-state index contributed by atoms with van der Waals surface area (Å²) in [5, 5.41) is 9.12. The zero-order chi connectivity index (χ0) is 24.0. The Balaban J connectivity index is 0.000000383. The molecular formula is C24H24F3N3O3. The maximum Gasteiger partial charge on any atom is 0.490 e. The Hall–Kier alpha value is -3.46. The monoisotopic (exact) mass is 459 g/mol. The lowest BCUT2D eigenvalue weighted by Crippen LogP contribution is -2.48. The van der Waals surface area contributed by atoms with Crippen LogP contribution in [0.2, 0.25) is 0 Å². The van der Waals surface area contributed by atoms with Crippen LogP contribution in [0.3, 0.4) is 0 Å². The smallest absolute Gasteiger partial charge is 0.475 e. The van der Waals surface area contributed by atoms with E-state index in [1.807, 2.05) is 35.2 Å². The van der Waals surface area contributed by atoms with Gasteiger partial charge in [-0.05, 0) is 23.9 Å². The number of nitrogens with zero attached hydrogens (tertiary/aromatic N) is 3. The first-order chi connectivity index (χ1) is 15.6. The number of aromatic nitrogens is 1. The van der Waals surface area contributed by atoms with Gasteiger partial charge in [0.1, 0.15) is 5.69 Å². The summed E-state index contributed by atoms with van der Waals surface area (Å²) < 4.78 is 31.7. The minimum atomic E-state index is -5.08. The van der Waals surface area contributed by atoms with Crippen molar-refractivity contribution in [2.45, 2.75) is 19.6 Å². The molecule has 4 rings (SSSR count). The molecule has 1 fully saturated rings. The van der Waals surface area contributed by atoms with Crippen LogP contribution in [0.5, 0.6) is 0 Å². The molecule has 1 saturated heterocycles. The van der Waals surface area contributed by atoms with E-state index < -0.39 is 12.1 Å². The maximum atomic E-state index is 13.0. The van der Waals surface area contributed by atoms with Gasteiger partial charge in [-0.1, -0.05) is 54.1 Å². The topological polar surface area (TPSA) is 73.7 Å². The third-order valence-electron chi connectivity index (χ3n) is 5.27. The summed E-state index contributed by atoms with van der Waals surface area (Å²) in [5.41, 5.74) is 3.19. The second kappa shape index (κ2) is 10.4. The Morgan fingerprint density at radius 3 is 2.30 bits per heavy atom. The molecule has 0 atom stereocenters. The van der Waals surface area contributed by atoms with E-state index in [1.54, 1.807) is 6.20 Å². The first kappa shape index (κ1) is 24.2. The number of carbonyl (C=O) groups excluding carboxylic acids is 1. The summed E-state index contributed by atoms with van der Waals surface area (Å²) in [6, 6.07) is 18.5. The second-order valence-electron chi connectivity index (χ2n) is 7.74. The maximum absolute atomic E-state index is 13.0. The second-order valence-corrected chi connectivity index (χ2v) is 7.74. The van der Waals surface area contributed by atoms with Crippen LogP contribution in [0.25, 0.3) is 10.8 Å². The van der Waals surface area contributed by atoms with Gasteiger partial charge in [0, 0.05) is 44.3 Å². The number of aryl methyl sites for hydroxylation is 1. The molecule has 1 amide bonds. The van der Waals surface area contributed by atoms with Crippen LogP contribution in [0.4, 0.5) is 13.2 Å². The summed E-state index contributed by atoms with van der Waals surface area (Å²) >= 11 is 0. The molecule has 0 radical (unpaired) electrons. The van der Waals surface area contributed by atoms with Gasteiger partial charge in [0.15, 0.2) is 0 Å². The van der Waals surface area contributed by atoms with Gasteiger partial charge >= 0.3 is 12.1 Å². The fourth-order valence-corrected chi connectivity index (χ4v) is 3.62. The van der Waals surface area contributed by atoms with Crippen LogP contribution in [-0.4, -0.2) is 64.1 Å². The van der Waals surface area contributed by atoms with Crippen molar-refractivity contribution in [3.05, 3.63) is 77.6 Å². The average Bonchev–Trinajstić information content (AvgIpc) is 2.78. The lowest BCUT2D eigenvalue weighted by atomic mass is 10.1. The normalized spacial score (nSPS) is 14.5. The Morgan fingerprint density at radius 1 is 1.00 bits per heavy atom. The van der Waals surface area contributed by atoms with Crippen molar-refractivity contribution in [3.63, 3.8) is 0 Å². The number of aliphatic carboxylic acids is 1. The van der Waals surface area contributed by atoms with Crippen molar-refractivity contribution in [2.75, 3.05) is 26.2 Å². The van der Waals surface area contributed by atoms with E-state index in [-0.39, 0.29) is 5.91 Å². The summed E-state index contributed by atoms with van der Waals surface area (Å²) in [5.74, 6) is -2.72. The van der Waals surface area contributed by atoms with Gasteiger partial charge in [-0.2, -0.15) is 13.2 Å². The highest BCUT2D eigenvalue weighted by atomic mass is 19.4. The highest BCUT2D eigenvalue weighted by molar-refractivity contribution is 6.05. The summed E-state index contributed by atoms with van der Waals surface area (Å²) in [7, 11) is 0. The number of halogens is 3. The fraction of sp³-hybridized carbons (Fsp3) is 0.292. The molecule has 0 saturated carbocycles. The van der Waals surface area contributed by atoms with E-state index >= 15 is 0 Å². The van der Waals surface area contributed by atoms with Gasteiger partial charge in [0.25, 0.3) is 5.91 Å². The molecule has 1 aliphatic rings. The number of amides is 1. The van der Waals surface area contributed by atoms with Crippen molar-refractivity contribution >= 4 is 22.6 Å². The number of hydrogen-bond acceptors (Lipinski definition) is 4. The third kappa shape index (κ3) is 6.52. The number of pyridine rings is 1. The van der Waals surface area contributed by atoms with E-state index in [0.717, 1.165) is 43.5 Å². The molecule has 0 unspecified atom stereocenters. The standard InChI is InChI=1S/C22H23N3O.C2HF3O2/c1-17-5-4-6-18(15-17)16-24-11-13-25(14-12-24)22(26)21-20-8-3-2-7-19(20)9-10-23-21;3-2(4,5)1(6)7/h2-10,15H,11-14,16H2,1H3;(H,6,7). The average molecular weight is 459 g/mol. The number of piperazine rings is 1. The number of hydrogen-bond donors (Lipinski definition) is 1. The van der Waals surface area contributed by atoms with Gasteiger partial charge in [-0.3, -0.25) is 14.7 Å². The third-order valence-corrected chi connectivity index (χ3v) is 5.27. The van der Waals surface area contributed by atoms with E-state index in [9.17, 15) is 18.0 Å². The van der Waals surface area contributed by atoms with Crippen LogP contribution >= 0.6 is 0 Å². The minimum Gasteiger partial charge on any atom is -0.475 e. The van der Waals surface area contributed by atoms with Crippen LogP contribution in [-0.2, 0) is 11.3 Å². The molecule has 0 aliphatic carbocycles. The molecule has 0 bridgehead atoms. The molecular weight excluding hydrogens is 435 g/mol. The zero-order valence-corrected chi connectivity index (χ0v) is 18.0. The first-order valence-electron chi connectivity index (χ1n) is 10.4. The SMILES string of the molecule is Cc1cccc(CN2CCN(C(=O)c3nccc4ccccc34)CC2)c1.O=C(O)C(F)(F)F. The molecule has 174 valence electrons. The largest absolute Gasteiger partial charge is 0.490 e. The highest BCUT2D eigenvalue weighted by Gasteiger charge is 2.38. The van der Waals surface area contributed by atoms with Crippen molar-refractivity contribution in [2.24, 2.45) is 0 Å². The summed E-state index contributed by atoms with van der Waals surface area (Å²) in [6.45, 7) is 6.34. The molecule has 6 nitrogen and oxygen atoms in total. The van der Waals surface area contributed by atoms with E-state index in [2.05, 4.69) is 41.1 Å². The minimum absolute atomic E-state index is 0.0389. The molecule has 2 aromatic carbocycles. The van der Waals surface area contributed by atoms with E-state index in [4.69, 9.17) is 9.90 Å². The predicted octanol–water partition coefficient (Wildman–Crippen LogP) is 4.13. The molecule has 1 aliphatic heterocycles. The number of carbonyl (C=O) groups is 2. The molecule has 3 aromatic rings. The Labute approximate surface area is 189 Å². The summed E-state index contributed by atoms with van der Waals surface area (Å²) in [6.07, 6.45) is -3.36. The van der Waals surface area contributed by atoms with Crippen LogP contribution in [0.15, 0.2) is 60.8 Å². The van der Waals surface area contributed by atoms with Crippen LogP contribution in [0.1, 0.15) is 21.6 Å². The van der Waals surface area contributed by atoms with Crippen molar-refractivity contribution < 1.29 is 27.9 Å². The Bertz CT molecular complexity index is 1120. The molecule has 9 heteroatoms. The lowest BCUT2D eigenvalue weighted by Gasteiger charge is -2.34. The van der Waals surface area contributed by atoms with Gasteiger partial charge in [-0.25, -0.2) is 4.79 Å². The highest BCUT2D eigenvalue weighted by Crippen LogP contribution is 2.19. The van der Waals surface area contributed by atoms with Gasteiger partial charge in [0.2, 0.25) is 0 Å². The predicted molar refractivity (Wildman–Crippen MR) is 118 cm³/mol. The molecule has 1 aromatic heterocycles. The van der Waals surface area contributed by atoms with Gasteiger partial charge in [-0.15, -0.1) is 0 Å². The molecule has 2 heterocycles. The molecule has 1 N–H and O–H groups in total. The number of carboxylic acid groups (broad SMARTS) is 1. The Kier molecular flexibility index (Phi) is 7.65. The van der Waals surface area contributed by atoms with Crippen molar-refractivity contribution in [3.8, 4) is 0 Å². The zero-order valence-electron chi connectivity index (χ0n) is 18.0. The number of carboxylic acids is 1. The number of alkyl halides is 3. The van der Waals surface area contributed by atoms with E-state index in [1.165, 1.54) is 11.1 Å². The summed E-state index contributed by atoms with van der Waals surface area (Å²) in [4.78, 5) is 30.6. The molecule has 0 spiro atoms. The van der Waals surface area contributed by atoms with E-state index in [0.29, 0.717) is 5.69 Å². The quantitative estimate of drug-likeness (QED) is 0.638. The Morgan fingerprint density at radius 2 is 1.67 bits per heavy atom. The van der Waals surface area contributed by atoms with Gasteiger partial charge < -0.3 is 10.0 Å². The number of benzene rings is 2. The fourth-order valence-electron chi connectivity index (χ4n) is 3.62. The van der Waals surface area contributed by atoms with Gasteiger partial charge in [0.05, 0.1) is 0 Å². The first-order valence-corrected chi connectivity index (χ1v) is 10.4. The van der Waals surface area contributed by atoms with Crippen LogP contribution < -0.4 is 0 Å². The number of fused-ring (bicyclic) bond motifs is 1. The number of rotatable bonds is 3. The lowest BCUT2D eigenvalue weighted by molar-refractivity contribution is -0.192. The van der Waals surface area contributed by atoms with Crippen molar-refractivity contribution in [1.29, 1.82) is 0 Å². The molecule has 33 heavy (non-hydrogen) atoms. The van der Waals surface area contributed by atoms with Crippen molar-refractivity contribution in [1.82, 2.24) is 14.8 Å². The van der Waals surface area contributed by atoms with Crippen LogP contribution in [0, 0.1) is 6.92 Å².